The number of hydrogen-bond acceptors (Lipinski definition) is 5. The van der Waals surface area contributed by atoms with E-state index in [9.17, 15) is 5.26 Å². The van der Waals surface area contributed by atoms with Gasteiger partial charge in [0.15, 0.2) is 0 Å². The molecular formula is C26H27N5. The Morgan fingerprint density at radius 3 is 2.52 bits per heavy atom. The molecule has 2 aliphatic rings. The van der Waals surface area contributed by atoms with Crippen molar-refractivity contribution in [2.45, 2.75) is 51.4 Å². The van der Waals surface area contributed by atoms with Crippen LogP contribution in [0.5, 0.6) is 0 Å². The van der Waals surface area contributed by atoms with E-state index in [-0.39, 0.29) is 0 Å². The fourth-order valence-electron chi connectivity index (χ4n) is 4.05. The van der Waals surface area contributed by atoms with Gasteiger partial charge in [-0.3, -0.25) is 15.0 Å². The zero-order valence-electron chi connectivity index (χ0n) is 18.2. The Hall–Kier alpha value is -3.26. The summed E-state index contributed by atoms with van der Waals surface area (Å²) in [6.45, 7) is 5.37. The number of aromatic nitrogens is 3. The second-order valence-corrected chi connectivity index (χ2v) is 9.40. The maximum absolute atomic E-state index is 9.51. The molecule has 2 fully saturated rings. The third-order valence-electron chi connectivity index (χ3n) is 6.83. The largest absolute Gasteiger partial charge is 0.384 e. The van der Waals surface area contributed by atoms with Gasteiger partial charge in [-0.25, -0.2) is 0 Å². The van der Waals surface area contributed by atoms with Crippen LogP contribution < -0.4 is 5.32 Å². The van der Waals surface area contributed by atoms with E-state index in [0.717, 1.165) is 58.8 Å². The summed E-state index contributed by atoms with van der Waals surface area (Å²) in [5.74, 6) is 0. The Morgan fingerprint density at radius 2 is 1.77 bits per heavy atom. The van der Waals surface area contributed by atoms with Crippen molar-refractivity contribution in [3.8, 4) is 28.5 Å². The van der Waals surface area contributed by atoms with Gasteiger partial charge in [0.2, 0.25) is 0 Å². The lowest BCUT2D eigenvalue weighted by Crippen LogP contribution is -2.07. The molecule has 0 atom stereocenters. The molecule has 0 bridgehead atoms. The molecule has 3 aromatic rings. The van der Waals surface area contributed by atoms with Crippen LogP contribution in [0, 0.1) is 23.7 Å². The summed E-state index contributed by atoms with van der Waals surface area (Å²) in [7, 11) is 0. The molecule has 5 nitrogen and oxygen atoms in total. The van der Waals surface area contributed by atoms with Gasteiger partial charge in [0, 0.05) is 35.8 Å². The summed E-state index contributed by atoms with van der Waals surface area (Å²) in [6.07, 6.45) is 11.2. The molecule has 31 heavy (non-hydrogen) atoms. The van der Waals surface area contributed by atoms with Gasteiger partial charge in [0.1, 0.15) is 0 Å². The SMILES string of the molecule is Cc1ncc(NCCC2(C)CC2)cc1-c1ccnc(-c2ccnc(C3(C#N)CC3)c2)c1. The van der Waals surface area contributed by atoms with Crippen LogP contribution in [0.25, 0.3) is 22.4 Å². The topological polar surface area (TPSA) is 74.5 Å². The van der Waals surface area contributed by atoms with Gasteiger partial charge in [0.05, 0.1) is 34.8 Å². The molecule has 3 aromatic heterocycles. The van der Waals surface area contributed by atoms with Crippen LogP contribution in [0.4, 0.5) is 5.69 Å². The first-order valence-corrected chi connectivity index (χ1v) is 11.1. The Labute approximate surface area is 183 Å². The molecule has 0 spiro atoms. The number of aryl methyl sites for hydroxylation is 1. The van der Waals surface area contributed by atoms with Crippen molar-refractivity contribution < 1.29 is 0 Å². The van der Waals surface area contributed by atoms with Crippen molar-refractivity contribution in [3.63, 3.8) is 0 Å². The lowest BCUT2D eigenvalue weighted by atomic mass is 9.99. The molecule has 0 unspecified atom stereocenters. The fraction of sp³-hybridized carbons (Fsp3) is 0.385. The lowest BCUT2D eigenvalue weighted by Gasteiger charge is -2.13. The van der Waals surface area contributed by atoms with Crippen molar-refractivity contribution >= 4 is 5.69 Å². The van der Waals surface area contributed by atoms with Gasteiger partial charge in [-0.1, -0.05) is 6.92 Å². The quantitative estimate of drug-likeness (QED) is 0.544. The van der Waals surface area contributed by atoms with Crippen LogP contribution in [0.2, 0.25) is 0 Å². The van der Waals surface area contributed by atoms with E-state index < -0.39 is 5.41 Å². The Morgan fingerprint density at radius 1 is 1.00 bits per heavy atom. The van der Waals surface area contributed by atoms with Gasteiger partial charge >= 0.3 is 0 Å². The molecule has 5 rings (SSSR count). The summed E-state index contributed by atoms with van der Waals surface area (Å²) in [4.78, 5) is 13.7. The summed E-state index contributed by atoms with van der Waals surface area (Å²) in [5, 5.41) is 13.1. The monoisotopic (exact) mass is 409 g/mol. The van der Waals surface area contributed by atoms with Gasteiger partial charge in [0.25, 0.3) is 0 Å². The van der Waals surface area contributed by atoms with E-state index in [1.54, 1.807) is 6.20 Å². The smallest absolute Gasteiger partial charge is 0.0994 e. The van der Waals surface area contributed by atoms with Gasteiger partial charge < -0.3 is 5.32 Å². The average molecular weight is 410 g/mol. The van der Waals surface area contributed by atoms with E-state index in [4.69, 9.17) is 0 Å². The highest BCUT2D eigenvalue weighted by atomic mass is 14.9. The number of nitriles is 1. The highest BCUT2D eigenvalue weighted by Gasteiger charge is 2.46. The summed E-state index contributed by atoms with van der Waals surface area (Å²) >= 11 is 0. The number of nitrogens with zero attached hydrogens (tertiary/aromatic N) is 4. The number of rotatable bonds is 7. The second-order valence-electron chi connectivity index (χ2n) is 9.40. The van der Waals surface area contributed by atoms with Gasteiger partial charge in [-0.15, -0.1) is 0 Å². The average Bonchev–Trinajstić information content (AvgIpc) is 3.73. The predicted octanol–water partition coefficient (Wildman–Crippen LogP) is 5.67. The maximum Gasteiger partial charge on any atom is 0.0994 e. The van der Waals surface area contributed by atoms with Crippen LogP contribution in [0.3, 0.4) is 0 Å². The number of anilines is 1. The number of pyridine rings is 3. The summed E-state index contributed by atoms with van der Waals surface area (Å²) in [6, 6.07) is 12.7. The zero-order valence-corrected chi connectivity index (χ0v) is 18.2. The molecule has 2 saturated carbocycles. The van der Waals surface area contributed by atoms with E-state index in [1.165, 1.54) is 19.3 Å². The molecule has 0 aromatic carbocycles. The van der Waals surface area contributed by atoms with Crippen LogP contribution in [-0.4, -0.2) is 21.5 Å². The van der Waals surface area contributed by atoms with E-state index >= 15 is 0 Å². The molecule has 0 amide bonds. The normalized spacial score (nSPS) is 17.6. The first kappa shape index (κ1) is 19.7. The van der Waals surface area contributed by atoms with E-state index in [2.05, 4.69) is 45.4 Å². The molecule has 0 aliphatic heterocycles. The minimum Gasteiger partial charge on any atom is -0.384 e. The van der Waals surface area contributed by atoms with Crippen molar-refractivity contribution in [3.05, 3.63) is 60.3 Å². The van der Waals surface area contributed by atoms with Crippen LogP contribution >= 0.6 is 0 Å². The van der Waals surface area contributed by atoms with Crippen molar-refractivity contribution in [1.82, 2.24) is 15.0 Å². The standard InChI is InChI=1S/C26H27N5/c1-18-22(15-21(16-31-18)28-12-9-25(2)5-6-25)19-3-10-29-23(13-19)20-4-11-30-24(14-20)26(17-27)7-8-26/h3-4,10-11,13-16,28H,5-9,12H2,1-2H3. The zero-order chi connectivity index (χ0) is 21.5. The van der Waals surface area contributed by atoms with Gasteiger partial charge in [-0.05, 0) is 80.3 Å². The highest BCUT2D eigenvalue weighted by molar-refractivity contribution is 5.74. The molecule has 156 valence electrons. The van der Waals surface area contributed by atoms with Gasteiger partial charge in [-0.2, -0.15) is 5.26 Å². The highest BCUT2D eigenvalue weighted by Crippen LogP contribution is 2.48. The van der Waals surface area contributed by atoms with Crippen molar-refractivity contribution in [1.29, 1.82) is 5.26 Å². The summed E-state index contributed by atoms with van der Waals surface area (Å²) < 4.78 is 0. The number of nitrogens with one attached hydrogen (secondary N) is 1. The van der Waals surface area contributed by atoms with Crippen molar-refractivity contribution in [2.75, 3.05) is 11.9 Å². The minimum atomic E-state index is -0.397. The summed E-state index contributed by atoms with van der Waals surface area (Å²) in [5.41, 5.74) is 7.12. The van der Waals surface area contributed by atoms with Crippen LogP contribution in [-0.2, 0) is 5.41 Å². The fourth-order valence-corrected chi connectivity index (χ4v) is 4.05. The Bertz CT molecular complexity index is 1170. The lowest BCUT2D eigenvalue weighted by molar-refractivity contribution is 0.536. The third-order valence-corrected chi connectivity index (χ3v) is 6.83. The third kappa shape index (κ3) is 4.03. The molecule has 1 N–H and O–H groups in total. The minimum absolute atomic E-state index is 0.397. The van der Waals surface area contributed by atoms with E-state index in [0.29, 0.717) is 5.41 Å². The number of hydrogen-bond donors (Lipinski definition) is 1. The first-order valence-electron chi connectivity index (χ1n) is 11.1. The molecule has 0 saturated heterocycles. The molecule has 5 heteroatoms. The first-order chi connectivity index (χ1) is 15.0. The molecule has 2 aliphatic carbocycles. The predicted molar refractivity (Wildman–Crippen MR) is 122 cm³/mol. The Kier molecular flexibility index (Phi) is 4.74. The second kappa shape index (κ2) is 7.46. The molecule has 0 radical (unpaired) electrons. The van der Waals surface area contributed by atoms with E-state index in [1.807, 2.05) is 37.5 Å². The van der Waals surface area contributed by atoms with Crippen molar-refractivity contribution in [2.24, 2.45) is 5.41 Å². The molecular weight excluding hydrogens is 382 g/mol. The Balaban J connectivity index is 1.41. The molecule has 3 heterocycles. The van der Waals surface area contributed by atoms with Crippen LogP contribution in [0.1, 0.15) is 50.4 Å². The van der Waals surface area contributed by atoms with Crippen LogP contribution in [0.15, 0.2) is 48.9 Å². The maximum atomic E-state index is 9.51.